The minimum atomic E-state index is -0.278. The van der Waals surface area contributed by atoms with E-state index in [1.807, 2.05) is 11.0 Å². The number of para-hydroxylation sites is 1. The van der Waals surface area contributed by atoms with Crippen molar-refractivity contribution in [3.63, 3.8) is 0 Å². The van der Waals surface area contributed by atoms with Gasteiger partial charge in [0.1, 0.15) is 0 Å². The van der Waals surface area contributed by atoms with Gasteiger partial charge in [-0.05, 0) is 37.6 Å². The summed E-state index contributed by atoms with van der Waals surface area (Å²) in [6, 6.07) is 8.34. The maximum atomic E-state index is 13.0. The Morgan fingerprint density at radius 2 is 2.05 bits per heavy atom. The number of nitrogens with zero attached hydrogens (tertiary/aromatic N) is 2. The second-order valence-electron chi connectivity index (χ2n) is 6.40. The molecule has 1 spiro atoms. The molecule has 2 aliphatic heterocycles. The Morgan fingerprint density at radius 1 is 1.32 bits per heavy atom. The molecular formula is C16H22N2O. The number of rotatable bonds is 2. The number of anilines is 1. The molecule has 1 aromatic carbocycles. The molecule has 0 N–H and O–H groups in total. The molecule has 1 fully saturated rings. The Balaban J connectivity index is 2.07. The quantitative estimate of drug-likeness (QED) is 0.812. The van der Waals surface area contributed by atoms with Crippen molar-refractivity contribution < 1.29 is 4.79 Å². The molecule has 3 rings (SSSR count). The average molecular weight is 258 g/mol. The minimum absolute atomic E-state index is 0.278. The first-order valence-electron chi connectivity index (χ1n) is 7.14. The van der Waals surface area contributed by atoms with Gasteiger partial charge in [0.2, 0.25) is 5.91 Å². The van der Waals surface area contributed by atoms with Crippen molar-refractivity contribution in [2.75, 3.05) is 31.6 Å². The van der Waals surface area contributed by atoms with E-state index in [1.54, 1.807) is 0 Å². The summed E-state index contributed by atoms with van der Waals surface area (Å²) in [6.07, 6.45) is 0.952. The lowest BCUT2D eigenvalue weighted by Crippen LogP contribution is -2.43. The van der Waals surface area contributed by atoms with Gasteiger partial charge in [-0.25, -0.2) is 0 Å². The van der Waals surface area contributed by atoms with Crippen molar-refractivity contribution in [3.8, 4) is 0 Å². The zero-order chi connectivity index (χ0) is 13.6. The largest absolute Gasteiger partial charge is 0.311 e. The van der Waals surface area contributed by atoms with Crippen molar-refractivity contribution >= 4 is 11.6 Å². The first-order valence-corrected chi connectivity index (χ1v) is 7.14. The number of hydrogen-bond donors (Lipinski definition) is 0. The molecule has 102 valence electrons. The lowest BCUT2D eigenvalue weighted by atomic mass is 9.81. The number of hydrogen-bond acceptors (Lipinski definition) is 2. The number of fused-ring (bicyclic) bond motifs is 2. The zero-order valence-corrected chi connectivity index (χ0v) is 12.0. The maximum Gasteiger partial charge on any atom is 0.239 e. The van der Waals surface area contributed by atoms with Crippen LogP contribution >= 0.6 is 0 Å². The summed E-state index contributed by atoms with van der Waals surface area (Å²) < 4.78 is 0. The highest BCUT2D eigenvalue weighted by Gasteiger charge is 2.53. The Bertz CT molecular complexity index is 511. The summed E-state index contributed by atoms with van der Waals surface area (Å²) in [5.41, 5.74) is 2.10. The van der Waals surface area contributed by atoms with Gasteiger partial charge >= 0.3 is 0 Å². The zero-order valence-electron chi connectivity index (χ0n) is 12.0. The second-order valence-corrected chi connectivity index (χ2v) is 6.40. The first kappa shape index (κ1) is 12.7. The van der Waals surface area contributed by atoms with Gasteiger partial charge in [-0.1, -0.05) is 32.0 Å². The second kappa shape index (κ2) is 4.34. The van der Waals surface area contributed by atoms with E-state index in [-0.39, 0.29) is 5.41 Å². The highest BCUT2D eigenvalue weighted by atomic mass is 16.2. The fourth-order valence-corrected chi connectivity index (χ4v) is 3.54. The van der Waals surface area contributed by atoms with Crippen LogP contribution in [0.15, 0.2) is 24.3 Å². The SMILES string of the molecule is CC(C)CN1C(=O)[C@]2(CCN(C)C2)c2ccccc21. The molecule has 0 aromatic heterocycles. The van der Waals surface area contributed by atoms with E-state index in [4.69, 9.17) is 0 Å². The predicted octanol–water partition coefficient (Wildman–Crippen LogP) is 2.26. The fourth-order valence-electron chi connectivity index (χ4n) is 3.54. The third-order valence-corrected chi connectivity index (χ3v) is 4.37. The number of likely N-dealkylation sites (tertiary alicyclic amines) is 1. The topological polar surface area (TPSA) is 23.6 Å². The molecular weight excluding hydrogens is 236 g/mol. The monoisotopic (exact) mass is 258 g/mol. The number of carbonyl (C=O) groups excluding carboxylic acids is 1. The molecule has 3 heteroatoms. The van der Waals surface area contributed by atoms with E-state index in [9.17, 15) is 4.79 Å². The van der Waals surface area contributed by atoms with Gasteiger partial charge in [-0.15, -0.1) is 0 Å². The summed E-state index contributed by atoms with van der Waals surface area (Å²) in [5, 5.41) is 0. The Morgan fingerprint density at radius 3 is 2.68 bits per heavy atom. The van der Waals surface area contributed by atoms with Crippen molar-refractivity contribution in [3.05, 3.63) is 29.8 Å². The highest BCUT2D eigenvalue weighted by Crippen LogP contribution is 2.47. The normalized spacial score (nSPS) is 26.7. The van der Waals surface area contributed by atoms with Crippen LogP contribution in [0.3, 0.4) is 0 Å². The molecule has 0 bridgehead atoms. The van der Waals surface area contributed by atoms with Crippen LogP contribution in [-0.4, -0.2) is 37.5 Å². The van der Waals surface area contributed by atoms with Crippen LogP contribution in [0.25, 0.3) is 0 Å². The van der Waals surface area contributed by atoms with Gasteiger partial charge in [-0.3, -0.25) is 4.79 Å². The van der Waals surface area contributed by atoms with Gasteiger partial charge in [0.05, 0.1) is 5.41 Å². The molecule has 1 saturated heterocycles. The van der Waals surface area contributed by atoms with Crippen LogP contribution in [0.5, 0.6) is 0 Å². The molecule has 1 atom stereocenters. The van der Waals surface area contributed by atoms with Crippen molar-refractivity contribution in [1.82, 2.24) is 4.90 Å². The molecule has 2 aliphatic rings. The van der Waals surface area contributed by atoms with Crippen LogP contribution in [-0.2, 0) is 10.2 Å². The van der Waals surface area contributed by atoms with Gasteiger partial charge in [0, 0.05) is 18.8 Å². The van der Waals surface area contributed by atoms with Crippen LogP contribution in [0.4, 0.5) is 5.69 Å². The van der Waals surface area contributed by atoms with E-state index in [0.717, 1.165) is 31.7 Å². The predicted molar refractivity (Wildman–Crippen MR) is 77.4 cm³/mol. The summed E-state index contributed by atoms with van der Waals surface area (Å²) in [6.45, 7) is 7.03. The fraction of sp³-hybridized carbons (Fsp3) is 0.562. The number of benzene rings is 1. The van der Waals surface area contributed by atoms with E-state index in [2.05, 4.69) is 44.0 Å². The number of carbonyl (C=O) groups is 1. The minimum Gasteiger partial charge on any atom is -0.311 e. The van der Waals surface area contributed by atoms with Crippen molar-refractivity contribution in [2.45, 2.75) is 25.7 Å². The van der Waals surface area contributed by atoms with Crippen molar-refractivity contribution in [2.24, 2.45) is 5.92 Å². The Labute approximate surface area is 115 Å². The van der Waals surface area contributed by atoms with E-state index < -0.39 is 0 Å². The van der Waals surface area contributed by atoms with E-state index in [0.29, 0.717) is 11.8 Å². The van der Waals surface area contributed by atoms with E-state index in [1.165, 1.54) is 5.56 Å². The van der Waals surface area contributed by atoms with Gasteiger partial charge in [0.25, 0.3) is 0 Å². The standard InChI is InChI=1S/C16H22N2O/c1-12(2)10-18-14-7-5-4-6-13(14)16(15(18)19)8-9-17(3)11-16/h4-7,12H,8-11H2,1-3H3/t16-/m0/s1. The first-order chi connectivity index (χ1) is 9.04. The molecule has 0 aliphatic carbocycles. The Hall–Kier alpha value is -1.35. The summed E-state index contributed by atoms with van der Waals surface area (Å²) in [7, 11) is 2.11. The number of likely N-dealkylation sites (N-methyl/N-ethyl adjacent to an activating group) is 1. The third-order valence-electron chi connectivity index (χ3n) is 4.37. The number of amides is 1. The van der Waals surface area contributed by atoms with E-state index >= 15 is 0 Å². The maximum absolute atomic E-state index is 13.0. The molecule has 0 saturated carbocycles. The van der Waals surface area contributed by atoms with Crippen molar-refractivity contribution in [1.29, 1.82) is 0 Å². The summed E-state index contributed by atoms with van der Waals surface area (Å²) in [5.74, 6) is 0.804. The molecule has 19 heavy (non-hydrogen) atoms. The van der Waals surface area contributed by atoms with Crippen LogP contribution in [0.1, 0.15) is 25.8 Å². The highest BCUT2D eigenvalue weighted by molar-refractivity contribution is 6.08. The summed E-state index contributed by atoms with van der Waals surface area (Å²) in [4.78, 5) is 17.3. The molecule has 2 heterocycles. The molecule has 0 unspecified atom stereocenters. The molecule has 0 radical (unpaired) electrons. The molecule has 1 aromatic rings. The molecule has 3 nitrogen and oxygen atoms in total. The van der Waals surface area contributed by atoms with Crippen LogP contribution < -0.4 is 4.90 Å². The average Bonchev–Trinajstić information content (AvgIpc) is 2.86. The third kappa shape index (κ3) is 1.79. The van der Waals surface area contributed by atoms with Crippen LogP contribution in [0, 0.1) is 5.92 Å². The van der Waals surface area contributed by atoms with Crippen LogP contribution in [0.2, 0.25) is 0 Å². The van der Waals surface area contributed by atoms with Gasteiger partial charge in [0.15, 0.2) is 0 Å². The lowest BCUT2D eigenvalue weighted by Gasteiger charge is -2.24. The molecule has 1 amide bonds. The van der Waals surface area contributed by atoms with Gasteiger partial charge < -0.3 is 9.80 Å². The smallest absolute Gasteiger partial charge is 0.239 e. The summed E-state index contributed by atoms with van der Waals surface area (Å²) >= 11 is 0. The van der Waals surface area contributed by atoms with Gasteiger partial charge in [-0.2, -0.15) is 0 Å². The Kier molecular flexibility index (Phi) is 2.90. The lowest BCUT2D eigenvalue weighted by molar-refractivity contribution is -0.122.